The lowest BCUT2D eigenvalue weighted by atomic mass is 9.74. The summed E-state index contributed by atoms with van der Waals surface area (Å²) in [6.07, 6.45) is 5.31. The zero-order valence-electron chi connectivity index (χ0n) is 24.0. The monoisotopic (exact) mass is 582 g/mol. The molecule has 0 spiro atoms. The van der Waals surface area contributed by atoms with Crippen molar-refractivity contribution in [1.82, 2.24) is 24.4 Å². The van der Waals surface area contributed by atoms with Crippen LogP contribution in [0.1, 0.15) is 41.6 Å². The molecular formula is C32H35ClN8O. The van der Waals surface area contributed by atoms with Gasteiger partial charge in [-0.25, -0.2) is 4.52 Å². The van der Waals surface area contributed by atoms with Crippen LogP contribution in [0.3, 0.4) is 0 Å². The highest BCUT2D eigenvalue weighted by atomic mass is 35.5. The fourth-order valence-electron chi connectivity index (χ4n) is 6.13. The number of benzene rings is 2. The van der Waals surface area contributed by atoms with E-state index >= 15 is 0 Å². The van der Waals surface area contributed by atoms with Gasteiger partial charge in [0.1, 0.15) is 0 Å². The van der Waals surface area contributed by atoms with Gasteiger partial charge in [0.15, 0.2) is 5.65 Å². The van der Waals surface area contributed by atoms with Gasteiger partial charge in [-0.2, -0.15) is 10.2 Å². The van der Waals surface area contributed by atoms with Gasteiger partial charge in [0.05, 0.1) is 17.2 Å². The molecular weight excluding hydrogens is 548 g/mol. The number of rotatable bonds is 6. The number of hydrogen-bond acceptors (Lipinski definition) is 7. The van der Waals surface area contributed by atoms with Crippen LogP contribution in [0.5, 0.6) is 0 Å². The van der Waals surface area contributed by atoms with Gasteiger partial charge in [0.25, 0.3) is 5.91 Å². The molecule has 9 nitrogen and oxygen atoms in total. The number of hydrogen-bond donors (Lipinski definition) is 1. The maximum atomic E-state index is 13.1. The smallest absolute Gasteiger partial charge is 0.253 e. The minimum atomic E-state index is -0.526. The first kappa shape index (κ1) is 28.0. The molecule has 2 fully saturated rings. The summed E-state index contributed by atoms with van der Waals surface area (Å²) in [6.45, 7) is 3.49. The van der Waals surface area contributed by atoms with Gasteiger partial charge < -0.3 is 20.0 Å². The molecule has 4 aromatic rings. The van der Waals surface area contributed by atoms with Crippen LogP contribution in [0.25, 0.3) is 5.65 Å². The number of nitrogens with zero attached hydrogens (tertiary/aromatic N) is 7. The highest BCUT2D eigenvalue weighted by Crippen LogP contribution is 2.37. The summed E-state index contributed by atoms with van der Waals surface area (Å²) in [4.78, 5) is 24.4. The Labute approximate surface area is 251 Å². The molecule has 2 aliphatic heterocycles. The van der Waals surface area contributed by atoms with Crippen LogP contribution in [-0.2, 0) is 5.41 Å². The topological polar surface area (TPSA) is 92.8 Å². The van der Waals surface area contributed by atoms with Crippen LogP contribution in [0.4, 0.5) is 17.3 Å². The molecule has 2 saturated heterocycles. The van der Waals surface area contributed by atoms with E-state index in [-0.39, 0.29) is 11.9 Å². The van der Waals surface area contributed by atoms with Crippen molar-refractivity contribution >= 4 is 40.5 Å². The fraction of sp³-hybridized carbons (Fsp3) is 0.375. The zero-order chi connectivity index (χ0) is 29.3. The van der Waals surface area contributed by atoms with Crippen molar-refractivity contribution in [2.75, 3.05) is 50.5 Å². The lowest BCUT2D eigenvalue weighted by molar-refractivity contribution is 0.0659. The molecule has 0 saturated carbocycles. The van der Waals surface area contributed by atoms with Crippen LogP contribution in [-0.4, -0.2) is 76.6 Å². The Morgan fingerprint density at radius 1 is 1.05 bits per heavy atom. The number of piperidine rings is 2. The SMILES string of the molecule is CN1CCC(N(C)C(=O)c2ccc(Nc3nc4c(N5CCC(C#N)(c6ccc(Cl)cc6)CC5)cccn4n3)cc2)CC1. The zero-order valence-corrected chi connectivity index (χ0v) is 24.8. The molecule has 0 radical (unpaired) electrons. The Morgan fingerprint density at radius 2 is 1.74 bits per heavy atom. The van der Waals surface area contributed by atoms with Gasteiger partial charge in [-0.15, -0.1) is 5.10 Å². The number of fused-ring (bicyclic) bond motifs is 1. The molecule has 10 heteroatoms. The molecule has 2 aromatic carbocycles. The minimum absolute atomic E-state index is 0.0459. The number of carbonyl (C=O) groups excluding carboxylic acids is 1. The molecule has 2 aliphatic rings. The van der Waals surface area contributed by atoms with Crippen LogP contribution >= 0.6 is 11.6 Å². The van der Waals surface area contributed by atoms with E-state index < -0.39 is 5.41 Å². The second-order valence-electron chi connectivity index (χ2n) is 11.4. The molecule has 0 aliphatic carbocycles. The van der Waals surface area contributed by atoms with Crippen LogP contribution in [0, 0.1) is 11.3 Å². The third-order valence-electron chi connectivity index (χ3n) is 8.85. The molecule has 216 valence electrons. The van der Waals surface area contributed by atoms with E-state index in [2.05, 4.69) is 39.4 Å². The number of likely N-dealkylation sites (tertiary alicyclic amines) is 1. The molecule has 0 bridgehead atoms. The van der Waals surface area contributed by atoms with E-state index in [4.69, 9.17) is 16.6 Å². The van der Waals surface area contributed by atoms with Crippen LogP contribution in [0.15, 0.2) is 66.9 Å². The Morgan fingerprint density at radius 3 is 2.40 bits per heavy atom. The van der Waals surface area contributed by atoms with Crippen molar-refractivity contribution in [2.45, 2.75) is 37.1 Å². The highest BCUT2D eigenvalue weighted by Gasteiger charge is 2.37. The Hall–Kier alpha value is -4.13. The van der Waals surface area contributed by atoms with E-state index in [1.807, 2.05) is 72.7 Å². The lowest BCUT2D eigenvalue weighted by Crippen LogP contribution is -2.44. The summed E-state index contributed by atoms with van der Waals surface area (Å²) >= 11 is 6.08. The van der Waals surface area contributed by atoms with Crippen molar-refractivity contribution in [3.05, 3.63) is 83.0 Å². The van der Waals surface area contributed by atoms with Crippen molar-refractivity contribution in [2.24, 2.45) is 0 Å². The number of amides is 1. The number of nitrogens with one attached hydrogen (secondary N) is 1. The van der Waals surface area contributed by atoms with Crippen molar-refractivity contribution < 1.29 is 4.79 Å². The summed E-state index contributed by atoms with van der Waals surface area (Å²) in [5.74, 6) is 0.527. The summed E-state index contributed by atoms with van der Waals surface area (Å²) in [7, 11) is 4.03. The second-order valence-corrected chi connectivity index (χ2v) is 11.9. The van der Waals surface area contributed by atoms with Gasteiger partial charge in [0, 0.05) is 48.6 Å². The molecule has 6 rings (SSSR count). The molecule has 1 N–H and O–H groups in total. The predicted molar refractivity (Wildman–Crippen MR) is 166 cm³/mol. The summed E-state index contributed by atoms with van der Waals surface area (Å²) in [5.41, 5.74) is 3.71. The predicted octanol–water partition coefficient (Wildman–Crippen LogP) is 5.35. The average Bonchev–Trinajstić information content (AvgIpc) is 3.44. The van der Waals surface area contributed by atoms with Gasteiger partial charge in [-0.05, 0) is 99.9 Å². The number of carbonyl (C=O) groups is 1. The second kappa shape index (κ2) is 11.6. The first-order chi connectivity index (χ1) is 20.3. The fourth-order valence-corrected chi connectivity index (χ4v) is 6.26. The number of anilines is 3. The van der Waals surface area contributed by atoms with Crippen LogP contribution < -0.4 is 10.2 Å². The highest BCUT2D eigenvalue weighted by molar-refractivity contribution is 6.30. The van der Waals surface area contributed by atoms with Gasteiger partial charge in [0.2, 0.25) is 5.95 Å². The Kier molecular flexibility index (Phi) is 7.76. The first-order valence-electron chi connectivity index (χ1n) is 14.5. The van der Waals surface area contributed by atoms with Gasteiger partial charge in [-0.1, -0.05) is 23.7 Å². The quantitative estimate of drug-likeness (QED) is 0.327. The summed E-state index contributed by atoms with van der Waals surface area (Å²) in [6, 6.07) is 22.0. The number of pyridine rings is 1. The maximum absolute atomic E-state index is 13.1. The number of nitriles is 1. The summed E-state index contributed by atoms with van der Waals surface area (Å²) < 4.78 is 1.78. The Bertz CT molecular complexity index is 1590. The maximum Gasteiger partial charge on any atom is 0.253 e. The summed E-state index contributed by atoms with van der Waals surface area (Å²) in [5, 5.41) is 18.7. The van der Waals surface area contributed by atoms with Gasteiger partial charge in [-0.3, -0.25) is 4.79 Å². The van der Waals surface area contributed by atoms with E-state index in [0.29, 0.717) is 29.4 Å². The van der Waals surface area contributed by atoms with Crippen LogP contribution in [0.2, 0.25) is 5.02 Å². The van der Waals surface area contributed by atoms with E-state index in [0.717, 1.165) is 61.6 Å². The molecule has 1 amide bonds. The Balaban J connectivity index is 1.13. The third-order valence-corrected chi connectivity index (χ3v) is 9.11. The minimum Gasteiger partial charge on any atom is -0.368 e. The number of halogens is 1. The number of aromatic nitrogens is 3. The molecule has 4 heterocycles. The largest absolute Gasteiger partial charge is 0.368 e. The first-order valence-corrected chi connectivity index (χ1v) is 14.8. The average molecular weight is 583 g/mol. The van der Waals surface area contributed by atoms with Crippen molar-refractivity contribution in [3.63, 3.8) is 0 Å². The van der Waals surface area contributed by atoms with Crippen molar-refractivity contribution in [1.29, 1.82) is 5.26 Å². The lowest BCUT2D eigenvalue weighted by Gasteiger charge is -2.38. The molecule has 0 unspecified atom stereocenters. The third kappa shape index (κ3) is 5.52. The van der Waals surface area contributed by atoms with Crippen molar-refractivity contribution in [3.8, 4) is 6.07 Å². The van der Waals surface area contributed by atoms with E-state index in [9.17, 15) is 10.1 Å². The molecule has 2 aromatic heterocycles. The molecule has 0 atom stereocenters. The van der Waals surface area contributed by atoms with E-state index in [1.165, 1.54) is 0 Å². The molecule has 42 heavy (non-hydrogen) atoms. The van der Waals surface area contributed by atoms with E-state index in [1.54, 1.807) is 4.52 Å². The standard InChI is InChI=1S/C32H35ClN8O/c1-38-18-13-27(14-19-38)39(2)30(42)23-5-11-26(12-6-23)35-31-36-29-28(4-3-17-41(29)37-31)40-20-15-32(22-34,16-21-40)24-7-9-25(33)10-8-24/h3-12,17,27H,13-16,18-21H2,1-2H3,(H,35,37). The normalized spacial score (nSPS) is 17.6. The van der Waals surface area contributed by atoms with Gasteiger partial charge >= 0.3 is 0 Å².